The summed E-state index contributed by atoms with van der Waals surface area (Å²) >= 11 is 0. The summed E-state index contributed by atoms with van der Waals surface area (Å²) in [6.45, 7) is 16.1. The number of nitrogens with zero attached hydrogens (tertiary/aromatic N) is 3. The smallest absolute Gasteiger partial charge is 0.197 e. The van der Waals surface area contributed by atoms with Crippen molar-refractivity contribution in [1.29, 1.82) is 0 Å². The zero-order valence-electron chi connectivity index (χ0n) is 18.3. The van der Waals surface area contributed by atoms with E-state index in [0.717, 1.165) is 47.5 Å². The molecule has 2 aromatic rings. The first-order valence-electron chi connectivity index (χ1n) is 10.7. The van der Waals surface area contributed by atoms with Crippen molar-refractivity contribution in [2.45, 2.75) is 58.5 Å². The number of aryl methyl sites for hydroxylation is 2. The Morgan fingerprint density at radius 3 is 2.52 bits per heavy atom. The number of guanidine groups is 1. The summed E-state index contributed by atoms with van der Waals surface area (Å²) in [5.74, 6) is 0.495. The SMILES string of the molecule is C=C(CC)c1cc(C2(c3cccc(CCCC)c3)N=C(N)N(C)C2=C)cn1CC. The number of benzene rings is 1. The lowest BCUT2D eigenvalue weighted by Crippen LogP contribution is -2.32. The summed E-state index contributed by atoms with van der Waals surface area (Å²) in [6, 6.07) is 11.0. The van der Waals surface area contributed by atoms with Gasteiger partial charge in [0.05, 0.1) is 5.70 Å². The molecule has 0 saturated heterocycles. The highest BCUT2D eigenvalue weighted by Crippen LogP contribution is 2.46. The molecule has 1 aromatic heterocycles. The van der Waals surface area contributed by atoms with Crippen molar-refractivity contribution in [3.63, 3.8) is 0 Å². The number of unbranched alkanes of at least 4 members (excludes halogenated alkanes) is 1. The van der Waals surface area contributed by atoms with Gasteiger partial charge in [0.15, 0.2) is 11.5 Å². The predicted molar refractivity (Wildman–Crippen MR) is 124 cm³/mol. The van der Waals surface area contributed by atoms with E-state index in [0.29, 0.717) is 5.96 Å². The van der Waals surface area contributed by atoms with E-state index in [4.69, 9.17) is 10.7 Å². The van der Waals surface area contributed by atoms with Crippen molar-refractivity contribution in [3.8, 4) is 0 Å². The number of aromatic nitrogens is 1. The molecule has 154 valence electrons. The highest BCUT2D eigenvalue weighted by Gasteiger charge is 2.45. The standard InChI is InChI=1S/C25H34N4/c1-7-10-12-20-13-11-14-21(15-20)25(19(5)28(6)24(26)27-25)22-16-23(18(4)8-2)29(9-3)17-22/h11,13-17H,4-5,7-10,12H2,1-3,6H3,(H2,26,27). The maximum Gasteiger partial charge on any atom is 0.197 e. The van der Waals surface area contributed by atoms with Crippen LogP contribution in [0.3, 0.4) is 0 Å². The minimum absolute atomic E-state index is 0.495. The van der Waals surface area contributed by atoms with E-state index in [2.05, 4.69) is 75.0 Å². The van der Waals surface area contributed by atoms with Crippen molar-refractivity contribution in [2.75, 3.05) is 7.05 Å². The quantitative estimate of drug-likeness (QED) is 0.665. The molecule has 0 spiro atoms. The number of likely N-dealkylation sites (N-methyl/N-ethyl adjacent to an activating group) is 1. The Bertz CT molecular complexity index is 949. The van der Waals surface area contributed by atoms with Crippen LogP contribution >= 0.6 is 0 Å². The molecule has 1 unspecified atom stereocenters. The zero-order valence-corrected chi connectivity index (χ0v) is 18.3. The van der Waals surface area contributed by atoms with Crippen LogP contribution in [0.4, 0.5) is 0 Å². The van der Waals surface area contributed by atoms with Crippen molar-refractivity contribution in [3.05, 3.63) is 77.8 Å². The number of nitrogens with two attached hydrogens (primary N) is 1. The van der Waals surface area contributed by atoms with Crippen molar-refractivity contribution in [2.24, 2.45) is 10.7 Å². The average molecular weight is 391 g/mol. The van der Waals surface area contributed by atoms with E-state index in [1.165, 1.54) is 18.4 Å². The number of aliphatic imine (C=N–C) groups is 1. The number of rotatable bonds is 8. The molecule has 1 aromatic carbocycles. The Morgan fingerprint density at radius 1 is 1.17 bits per heavy atom. The molecule has 4 heteroatoms. The number of allylic oxidation sites excluding steroid dienone is 1. The first kappa shape index (κ1) is 21.0. The second kappa shape index (κ2) is 8.32. The van der Waals surface area contributed by atoms with Gasteiger partial charge in [0.1, 0.15) is 0 Å². The van der Waals surface area contributed by atoms with Crippen molar-refractivity contribution >= 4 is 11.5 Å². The van der Waals surface area contributed by atoms with Crippen LogP contribution in [0.1, 0.15) is 62.4 Å². The number of hydrogen-bond acceptors (Lipinski definition) is 3. The van der Waals surface area contributed by atoms with Crippen molar-refractivity contribution < 1.29 is 0 Å². The fraction of sp³-hybridized carbons (Fsp3) is 0.400. The molecule has 2 heterocycles. The van der Waals surface area contributed by atoms with Crippen LogP contribution < -0.4 is 5.73 Å². The molecule has 0 aliphatic carbocycles. The lowest BCUT2D eigenvalue weighted by atomic mass is 9.81. The largest absolute Gasteiger partial charge is 0.369 e. The fourth-order valence-electron chi connectivity index (χ4n) is 4.10. The van der Waals surface area contributed by atoms with E-state index in [1.807, 2.05) is 11.9 Å². The Balaban J connectivity index is 2.21. The second-order valence-electron chi connectivity index (χ2n) is 7.85. The normalized spacial score (nSPS) is 19.0. The minimum Gasteiger partial charge on any atom is -0.369 e. The summed E-state index contributed by atoms with van der Waals surface area (Å²) in [5, 5.41) is 0. The predicted octanol–water partition coefficient (Wildman–Crippen LogP) is 5.29. The maximum absolute atomic E-state index is 6.29. The summed E-state index contributed by atoms with van der Waals surface area (Å²) in [4.78, 5) is 6.89. The van der Waals surface area contributed by atoms with Gasteiger partial charge in [-0.2, -0.15) is 0 Å². The first-order chi connectivity index (χ1) is 13.9. The van der Waals surface area contributed by atoms with Gasteiger partial charge in [-0.3, -0.25) is 0 Å². The molecule has 4 nitrogen and oxygen atoms in total. The molecule has 0 amide bonds. The Hall–Kier alpha value is -2.75. The molecule has 0 radical (unpaired) electrons. The lowest BCUT2D eigenvalue weighted by Gasteiger charge is -2.29. The Kier molecular flexibility index (Phi) is 6.02. The Labute approximate surface area is 175 Å². The van der Waals surface area contributed by atoms with Crippen LogP contribution in [-0.2, 0) is 18.5 Å². The topological polar surface area (TPSA) is 46.5 Å². The summed E-state index contributed by atoms with van der Waals surface area (Å²) < 4.78 is 2.25. The van der Waals surface area contributed by atoms with E-state index in [1.54, 1.807) is 0 Å². The second-order valence-corrected chi connectivity index (χ2v) is 7.85. The van der Waals surface area contributed by atoms with E-state index in [9.17, 15) is 0 Å². The van der Waals surface area contributed by atoms with Gasteiger partial charge >= 0.3 is 0 Å². The fourth-order valence-corrected chi connectivity index (χ4v) is 4.10. The third-order valence-electron chi connectivity index (χ3n) is 6.06. The maximum atomic E-state index is 6.29. The van der Waals surface area contributed by atoms with Gasteiger partial charge in [0.2, 0.25) is 0 Å². The van der Waals surface area contributed by atoms with Crippen molar-refractivity contribution in [1.82, 2.24) is 9.47 Å². The van der Waals surface area contributed by atoms with E-state index in [-0.39, 0.29) is 0 Å². The van der Waals surface area contributed by atoms with Crippen LogP contribution in [0.15, 0.2) is 60.4 Å². The monoisotopic (exact) mass is 390 g/mol. The molecule has 1 aliphatic heterocycles. The van der Waals surface area contributed by atoms with Gasteiger partial charge in [-0.15, -0.1) is 0 Å². The van der Waals surface area contributed by atoms with Crippen LogP contribution in [0.5, 0.6) is 0 Å². The molecule has 0 fully saturated rings. The van der Waals surface area contributed by atoms with Gasteiger partial charge in [-0.05, 0) is 49.0 Å². The highest BCUT2D eigenvalue weighted by molar-refractivity contribution is 5.85. The van der Waals surface area contributed by atoms with Gasteiger partial charge < -0.3 is 15.2 Å². The molecule has 0 saturated carbocycles. The molecule has 0 bridgehead atoms. The summed E-state index contributed by atoms with van der Waals surface area (Å²) in [7, 11) is 1.94. The van der Waals surface area contributed by atoms with Crippen LogP contribution in [-0.4, -0.2) is 22.5 Å². The third kappa shape index (κ3) is 3.52. The van der Waals surface area contributed by atoms with Gasteiger partial charge in [0.25, 0.3) is 0 Å². The summed E-state index contributed by atoms with van der Waals surface area (Å²) in [6.07, 6.45) is 6.52. The highest BCUT2D eigenvalue weighted by atomic mass is 15.3. The van der Waals surface area contributed by atoms with E-state index < -0.39 is 5.54 Å². The minimum atomic E-state index is -0.704. The van der Waals surface area contributed by atoms with Gasteiger partial charge in [-0.1, -0.05) is 57.7 Å². The molecular formula is C25H34N4. The molecular weight excluding hydrogens is 356 g/mol. The third-order valence-corrected chi connectivity index (χ3v) is 6.06. The zero-order chi connectivity index (χ0) is 21.2. The van der Waals surface area contributed by atoms with E-state index >= 15 is 0 Å². The molecule has 1 aliphatic rings. The lowest BCUT2D eigenvalue weighted by molar-refractivity contribution is 0.538. The Morgan fingerprint density at radius 2 is 1.93 bits per heavy atom. The summed E-state index contributed by atoms with van der Waals surface area (Å²) in [5.41, 5.74) is 12.3. The van der Waals surface area contributed by atoms with Crippen LogP contribution in [0, 0.1) is 0 Å². The van der Waals surface area contributed by atoms with Crippen LogP contribution in [0.2, 0.25) is 0 Å². The number of hydrogen-bond donors (Lipinski definition) is 1. The average Bonchev–Trinajstić information content (AvgIpc) is 3.27. The molecule has 1 atom stereocenters. The van der Waals surface area contributed by atoms with Gasteiger partial charge in [0, 0.05) is 31.0 Å². The van der Waals surface area contributed by atoms with Gasteiger partial charge in [-0.25, -0.2) is 4.99 Å². The molecule has 3 rings (SSSR count). The molecule has 2 N–H and O–H groups in total. The first-order valence-corrected chi connectivity index (χ1v) is 10.7. The van der Waals surface area contributed by atoms with Crippen LogP contribution in [0.25, 0.3) is 5.57 Å². The molecule has 29 heavy (non-hydrogen) atoms.